The predicted octanol–water partition coefficient (Wildman–Crippen LogP) is 2.18. The van der Waals surface area contributed by atoms with Crippen LogP contribution < -0.4 is 15.8 Å². The van der Waals surface area contributed by atoms with Crippen molar-refractivity contribution < 1.29 is 4.74 Å². The topological polar surface area (TPSA) is 47.3 Å². The highest BCUT2D eigenvalue weighted by Gasteiger charge is 2.40. The molecule has 1 aliphatic rings. The molecule has 3 nitrogen and oxygen atoms in total. The number of aryl methyl sites for hydroxylation is 2. The van der Waals surface area contributed by atoms with Gasteiger partial charge >= 0.3 is 0 Å². The molecule has 3 heteroatoms. The molecular weight excluding hydrogens is 236 g/mol. The molecule has 0 spiro atoms. The Morgan fingerprint density at radius 3 is 2.58 bits per heavy atom. The molecule has 0 atom stereocenters. The van der Waals surface area contributed by atoms with Crippen molar-refractivity contribution in [3.8, 4) is 5.75 Å². The zero-order valence-corrected chi connectivity index (χ0v) is 12.4. The number of benzene rings is 1. The summed E-state index contributed by atoms with van der Waals surface area (Å²) in [6, 6.07) is 4.37. The highest BCUT2D eigenvalue weighted by Crippen LogP contribution is 2.43. The van der Waals surface area contributed by atoms with Crippen molar-refractivity contribution in [3.05, 3.63) is 28.8 Å². The zero-order valence-electron chi connectivity index (χ0n) is 12.4. The standard InChI is InChI=1S/C16H26N2O/c1-12-9-15(19-3)13(2)8-14(12)4-7-18-11-16(10-17)5-6-16/h8-9,18H,4-7,10-11,17H2,1-3H3. The second kappa shape index (κ2) is 5.93. The van der Waals surface area contributed by atoms with Gasteiger partial charge in [0.2, 0.25) is 0 Å². The smallest absolute Gasteiger partial charge is 0.122 e. The molecule has 0 aromatic heterocycles. The van der Waals surface area contributed by atoms with E-state index in [2.05, 4.69) is 31.3 Å². The van der Waals surface area contributed by atoms with E-state index in [1.54, 1.807) is 7.11 Å². The third-order valence-corrected chi connectivity index (χ3v) is 4.31. The van der Waals surface area contributed by atoms with Crippen molar-refractivity contribution in [2.24, 2.45) is 11.1 Å². The first-order valence-electron chi connectivity index (χ1n) is 7.15. The number of ether oxygens (including phenoxy) is 1. The van der Waals surface area contributed by atoms with Crippen LogP contribution in [0.15, 0.2) is 12.1 Å². The Hall–Kier alpha value is -1.06. The molecule has 19 heavy (non-hydrogen) atoms. The number of nitrogens with two attached hydrogens (primary N) is 1. The van der Waals surface area contributed by atoms with Gasteiger partial charge in [0.1, 0.15) is 5.75 Å². The molecule has 2 rings (SSSR count). The lowest BCUT2D eigenvalue weighted by Gasteiger charge is -2.15. The van der Waals surface area contributed by atoms with Crippen molar-refractivity contribution in [3.63, 3.8) is 0 Å². The van der Waals surface area contributed by atoms with Gasteiger partial charge in [0.15, 0.2) is 0 Å². The van der Waals surface area contributed by atoms with Crippen molar-refractivity contribution in [1.82, 2.24) is 5.32 Å². The maximum atomic E-state index is 5.78. The molecule has 106 valence electrons. The molecule has 0 aliphatic heterocycles. The molecule has 1 fully saturated rings. The van der Waals surface area contributed by atoms with E-state index in [-0.39, 0.29) is 0 Å². The van der Waals surface area contributed by atoms with Crippen molar-refractivity contribution >= 4 is 0 Å². The number of rotatable bonds is 7. The van der Waals surface area contributed by atoms with Gasteiger partial charge in [0, 0.05) is 6.54 Å². The van der Waals surface area contributed by atoms with Gasteiger partial charge in [-0.1, -0.05) is 6.07 Å². The van der Waals surface area contributed by atoms with Crippen LogP contribution in [0.4, 0.5) is 0 Å². The summed E-state index contributed by atoms with van der Waals surface area (Å²) in [6.45, 7) is 7.16. The van der Waals surface area contributed by atoms with Gasteiger partial charge in [0.05, 0.1) is 7.11 Å². The van der Waals surface area contributed by atoms with E-state index >= 15 is 0 Å². The Labute approximate surface area is 116 Å². The normalized spacial score (nSPS) is 16.4. The molecule has 0 saturated heterocycles. The second-order valence-corrected chi connectivity index (χ2v) is 5.88. The maximum Gasteiger partial charge on any atom is 0.122 e. The Morgan fingerprint density at radius 1 is 1.26 bits per heavy atom. The fraction of sp³-hybridized carbons (Fsp3) is 0.625. The number of hydrogen-bond donors (Lipinski definition) is 2. The molecule has 0 unspecified atom stereocenters. The first-order chi connectivity index (χ1) is 9.10. The fourth-order valence-electron chi connectivity index (χ4n) is 2.55. The molecule has 0 heterocycles. The molecule has 0 amide bonds. The van der Waals surface area contributed by atoms with Crippen LogP contribution in [0.3, 0.4) is 0 Å². The monoisotopic (exact) mass is 262 g/mol. The first kappa shape index (κ1) is 14.4. The average Bonchev–Trinajstić information content (AvgIpc) is 3.18. The molecule has 0 bridgehead atoms. The van der Waals surface area contributed by atoms with Gasteiger partial charge in [0.25, 0.3) is 0 Å². The SMILES string of the molecule is COc1cc(C)c(CCNCC2(CN)CC2)cc1C. The van der Waals surface area contributed by atoms with Gasteiger partial charge in [-0.05, 0) is 74.4 Å². The van der Waals surface area contributed by atoms with Crippen molar-refractivity contribution in [2.45, 2.75) is 33.1 Å². The molecule has 3 N–H and O–H groups in total. The lowest BCUT2D eigenvalue weighted by molar-refractivity contribution is 0.411. The van der Waals surface area contributed by atoms with Gasteiger partial charge in [-0.25, -0.2) is 0 Å². The molecule has 1 saturated carbocycles. The van der Waals surface area contributed by atoms with Crippen LogP contribution in [-0.4, -0.2) is 26.7 Å². The molecule has 1 aliphatic carbocycles. The van der Waals surface area contributed by atoms with Crippen LogP contribution in [0, 0.1) is 19.3 Å². The minimum Gasteiger partial charge on any atom is -0.496 e. The number of nitrogens with one attached hydrogen (secondary N) is 1. The summed E-state index contributed by atoms with van der Waals surface area (Å²) in [5, 5.41) is 3.55. The van der Waals surface area contributed by atoms with Crippen LogP contribution in [0.2, 0.25) is 0 Å². The third-order valence-electron chi connectivity index (χ3n) is 4.31. The maximum absolute atomic E-state index is 5.78. The molecule has 1 aromatic rings. The van der Waals surface area contributed by atoms with E-state index in [0.29, 0.717) is 5.41 Å². The Bertz CT molecular complexity index is 439. The van der Waals surface area contributed by atoms with Gasteiger partial charge < -0.3 is 15.8 Å². The van der Waals surface area contributed by atoms with Crippen LogP contribution in [0.25, 0.3) is 0 Å². The van der Waals surface area contributed by atoms with Crippen molar-refractivity contribution in [1.29, 1.82) is 0 Å². The van der Waals surface area contributed by atoms with Crippen LogP contribution in [0.1, 0.15) is 29.5 Å². The Kier molecular flexibility index (Phi) is 4.48. The fourth-order valence-corrected chi connectivity index (χ4v) is 2.55. The van der Waals surface area contributed by atoms with E-state index in [1.807, 2.05) is 0 Å². The predicted molar refractivity (Wildman–Crippen MR) is 79.8 cm³/mol. The summed E-state index contributed by atoms with van der Waals surface area (Å²) in [4.78, 5) is 0. The highest BCUT2D eigenvalue weighted by atomic mass is 16.5. The summed E-state index contributed by atoms with van der Waals surface area (Å²) in [7, 11) is 1.73. The Balaban J connectivity index is 1.84. The number of methoxy groups -OCH3 is 1. The lowest BCUT2D eigenvalue weighted by atomic mass is 10.0. The molecule has 0 radical (unpaired) electrons. The minimum atomic E-state index is 0.421. The molecular formula is C16H26N2O. The average molecular weight is 262 g/mol. The minimum absolute atomic E-state index is 0.421. The van der Waals surface area contributed by atoms with Crippen LogP contribution >= 0.6 is 0 Å². The Morgan fingerprint density at radius 2 is 2.00 bits per heavy atom. The molecule has 1 aromatic carbocycles. The number of hydrogen-bond acceptors (Lipinski definition) is 3. The second-order valence-electron chi connectivity index (χ2n) is 5.88. The van der Waals surface area contributed by atoms with Crippen molar-refractivity contribution in [2.75, 3.05) is 26.7 Å². The summed E-state index contributed by atoms with van der Waals surface area (Å²) in [5.74, 6) is 0.981. The largest absolute Gasteiger partial charge is 0.496 e. The summed E-state index contributed by atoms with van der Waals surface area (Å²) in [6.07, 6.45) is 3.64. The van der Waals surface area contributed by atoms with E-state index < -0.39 is 0 Å². The van der Waals surface area contributed by atoms with Gasteiger partial charge in [-0.3, -0.25) is 0 Å². The zero-order chi connectivity index (χ0) is 13.9. The quantitative estimate of drug-likeness (QED) is 0.740. The van der Waals surface area contributed by atoms with E-state index in [0.717, 1.165) is 31.8 Å². The summed E-state index contributed by atoms with van der Waals surface area (Å²) in [5.41, 5.74) is 10.1. The van der Waals surface area contributed by atoms with Gasteiger partial charge in [-0.15, -0.1) is 0 Å². The van der Waals surface area contributed by atoms with E-state index in [1.165, 1.54) is 29.5 Å². The van der Waals surface area contributed by atoms with E-state index in [4.69, 9.17) is 10.5 Å². The summed E-state index contributed by atoms with van der Waals surface area (Å²) >= 11 is 0. The lowest BCUT2D eigenvalue weighted by Crippen LogP contribution is -2.31. The van der Waals surface area contributed by atoms with E-state index in [9.17, 15) is 0 Å². The highest BCUT2D eigenvalue weighted by molar-refractivity contribution is 5.41. The third kappa shape index (κ3) is 3.48. The van der Waals surface area contributed by atoms with Gasteiger partial charge in [-0.2, -0.15) is 0 Å². The summed E-state index contributed by atoms with van der Waals surface area (Å²) < 4.78 is 5.34. The van der Waals surface area contributed by atoms with Crippen LogP contribution in [-0.2, 0) is 6.42 Å². The van der Waals surface area contributed by atoms with Crippen LogP contribution in [0.5, 0.6) is 5.75 Å². The first-order valence-corrected chi connectivity index (χ1v) is 7.15.